The lowest BCUT2D eigenvalue weighted by Gasteiger charge is -2.08. The number of hydrogen-bond acceptors (Lipinski definition) is 5. The zero-order chi connectivity index (χ0) is 23.2. The molecule has 0 saturated carbocycles. The number of amides is 1. The molecule has 7 nitrogen and oxygen atoms in total. The van der Waals surface area contributed by atoms with E-state index >= 15 is 0 Å². The molecule has 0 aliphatic carbocycles. The van der Waals surface area contributed by atoms with E-state index < -0.39 is 0 Å². The second-order valence-electron chi connectivity index (χ2n) is 7.33. The molecule has 0 aliphatic heterocycles. The topological polar surface area (TPSA) is 105 Å². The molecule has 8 heteroatoms. The van der Waals surface area contributed by atoms with Crippen LogP contribution in [-0.2, 0) is 6.61 Å². The van der Waals surface area contributed by atoms with Gasteiger partial charge in [0.2, 0.25) is 0 Å². The molecule has 0 fully saturated rings. The number of carbonyl (C=O) groups excluding carboxylic acids is 1. The lowest BCUT2D eigenvalue weighted by Crippen LogP contribution is -2.19. The van der Waals surface area contributed by atoms with E-state index in [1.54, 1.807) is 25.1 Å². The summed E-state index contributed by atoms with van der Waals surface area (Å²) < 4.78 is 5.81. The van der Waals surface area contributed by atoms with Gasteiger partial charge in [-0.15, -0.1) is 0 Å². The fourth-order valence-corrected chi connectivity index (χ4v) is 3.26. The molecule has 1 amide bonds. The molecule has 33 heavy (non-hydrogen) atoms. The highest BCUT2D eigenvalue weighted by Crippen LogP contribution is 2.23. The maximum atomic E-state index is 12.4. The van der Waals surface area contributed by atoms with E-state index in [4.69, 9.17) is 22.1 Å². The van der Waals surface area contributed by atoms with Gasteiger partial charge in [-0.2, -0.15) is 10.2 Å². The van der Waals surface area contributed by atoms with Crippen molar-refractivity contribution in [1.82, 2.24) is 15.6 Å². The number of carbonyl (C=O) groups is 1. The molecule has 0 saturated heterocycles. The van der Waals surface area contributed by atoms with Crippen molar-refractivity contribution in [2.75, 3.05) is 5.73 Å². The average molecular weight is 460 g/mol. The van der Waals surface area contributed by atoms with Gasteiger partial charge < -0.3 is 10.5 Å². The van der Waals surface area contributed by atoms with Gasteiger partial charge in [-0.1, -0.05) is 41.9 Å². The van der Waals surface area contributed by atoms with Crippen LogP contribution in [0.25, 0.3) is 11.3 Å². The van der Waals surface area contributed by atoms with Crippen molar-refractivity contribution in [3.05, 3.63) is 101 Å². The van der Waals surface area contributed by atoms with Crippen LogP contribution in [0.5, 0.6) is 5.75 Å². The number of anilines is 1. The minimum Gasteiger partial charge on any atom is -0.489 e. The predicted octanol–water partition coefficient (Wildman–Crippen LogP) is 5.05. The minimum atomic E-state index is -0.386. The molecule has 0 radical (unpaired) electrons. The molecule has 166 valence electrons. The molecule has 0 aliphatic rings. The molecule has 0 bridgehead atoms. The van der Waals surface area contributed by atoms with Crippen molar-refractivity contribution in [1.29, 1.82) is 0 Å². The van der Waals surface area contributed by atoms with Crippen molar-refractivity contribution >= 4 is 28.9 Å². The summed E-state index contributed by atoms with van der Waals surface area (Å²) in [6.07, 6.45) is 0. The summed E-state index contributed by atoms with van der Waals surface area (Å²) in [4.78, 5) is 12.4. The number of H-pyrrole nitrogens is 1. The number of nitrogens with one attached hydrogen (secondary N) is 2. The van der Waals surface area contributed by atoms with Gasteiger partial charge in [-0.05, 0) is 61.0 Å². The van der Waals surface area contributed by atoms with E-state index in [-0.39, 0.29) is 5.91 Å². The van der Waals surface area contributed by atoms with Crippen LogP contribution in [0, 0.1) is 0 Å². The summed E-state index contributed by atoms with van der Waals surface area (Å²) in [5, 5.41) is 11.8. The first-order valence-electron chi connectivity index (χ1n) is 10.2. The van der Waals surface area contributed by atoms with Gasteiger partial charge >= 0.3 is 0 Å². The monoisotopic (exact) mass is 459 g/mol. The Labute approximate surface area is 196 Å². The number of nitrogens with two attached hydrogens (primary N) is 1. The van der Waals surface area contributed by atoms with Crippen LogP contribution in [0.1, 0.15) is 28.5 Å². The average Bonchev–Trinajstić information content (AvgIpc) is 3.33. The predicted molar refractivity (Wildman–Crippen MR) is 130 cm³/mol. The number of hydrazone groups is 1. The van der Waals surface area contributed by atoms with Crippen LogP contribution in [0.2, 0.25) is 5.02 Å². The molecule has 4 N–H and O–H groups in total. The number of aromatic nitrogens is 2. The molecule has 0 atom stereocenters. The molecule has 4 rings (SSSR count). The second kappa shape index (κ2) is 10.0. The number of rotatable bonds is 7. The summed E-state index contributed by atoms with van der Waals surface area (Å²) in [6, 6.07) is 23.9. The Morgan fingerprint density at radius 3 is 2.55 bits per heavy atom. The van der Waals surface area contributed by atoms with Gasteiger partial charge in [0.15, 0.2) is 0 Å². The second-order valence-corrected chi connectivity index (χ2v) is 7.74. The van der Waals surface area contributed by atoms with E-state index in [1.807, 2.05) is 60.7 Å². The number of nitrogen functional groups attached to an aromatic ring is 1. The van der Waals surface area contributed by atoms with E-state index in [0.717, 1.165) is 16.7 Å². The Morgan fingerprint density at radius 2 is 1.82 bits per heavy atom. The molecule has 1 aromatic heterocycles. The Balaban J connectivity index is 1.37. The highest BCUT2D eigenvalue weighted by Gasteiger charge is 2.11. The number of benzene rings is 3. The molecule has 0 unspecified atom stereocenters. The third kappa shape index (κ3) is 5.58. The summed E-state index contributed by atoms with van der Waals surface area (Å²) >= 11 is 6.16. The lowest BCUT2D eigenvalue weighted by molar-refractivity contribution is 0.0950. The van der Waals surface area contributed by atoms with Crippen molar-refractivity contribution in [3.8, 4) is 17.0 Å². The maximum absolute atomic E-state index is 12.4. The smallest absolute Gasteiger partial charge is 0.289 e. The largest absolute Gasteiger partial charge is 0.489 e. The fraction of sp³-hybridized carbons (Fsp3) is 0.0800. The van der Waals surface area contributed by atoms with Gasteiger partial charge in [-0.3, -0.25) is 9.89 Å². The SMILES string of the molecule is CC(=NNC(=O)c1cc(-c2ccc(OCc3ccccc3Cl)cc2)n[nH]1)c1ccc(N)cc1. The summed E-state index contributed by atoms with van der Waals surface area (Å²) in [5.41, 5.74) is 13.1. The third-order valence-corrected chi connectivity index (χ3v) is 5.35. The molecule has 1 heterocycles. The number of halogens is 1. The van der Waals surface area contributed by atoms with E-state index in [2.05, 4.69) is 20.7 Å². The van der Waals surface area contributed by atoms with E-state index in [0.29, 0.717) is 40.2 Å². The summed E-state index contributed by atoms with van der Waals surface area (Å²) in [7, 11) is 0. The Bertz CT molecular complexity index is 1280. The van der Waals surface area contributed by atoms with Crippen LogP contribution in [0.4, 0.5) is 5.69 Å². The Kier molecular flexibility index (Phi) is 6.71. The normalized spacial score (nSPS) is 11.3. The highest BCUT2D eigenvalue weighted by atomic mass is 35.5. The highest BCUT2D eigenvalue weighted by molar-refractivity contribution is 6.31. The molecular formula is C25H22ClN5O2. The van der Waals surface area contributed by atoms with Crippen LogP contribution < -0.4 is 15.9 Å². The fourth-order valence-electron chi connectivity index (χ4n) is 3.07. The number of aromatic amines is 1. The van der Waals surface area contributed by atoms with Gasteiger partial charge in [0.1, 0.15) is 18.1 Å². The van der Waals surface area contributed by atoms with Gasteiger partial charge in [0.25, 0.3) is 5.91 Å². The minimum absolute atomic E-state index is 0.304. The Morgan fingerprint density at radius 1 is 1.09 bits per heavy atom. The van der Waals surface area contributed by atoms with Crippen LogP contribution in [0.15, 0.2) is 84.0 Å². The van der Waals surface area contributed by atoms with Crippen LogP contribution in [0.3, 0.4) is 0 Å². The van der Waals surface area contributed by atoms with Gasteiger partial charge in [0.05, 0.1) is 11.4 Å². The number of ether oxygens (including phenoxy) is 1. The molecule has 3 aromatic carbocycles. The summed E-state index contributed by atoms with van der Waals surface area (Å²) in [6.45, 7) is 2.18. The standard InChI is InChI=1S/C25H22ClN5O2/c1-16(17-6-10-20(27)11-7-17)28-31-25(32)24-14-23(29-30-24)18-8-12-21(13-9-18)33-15-19-4-2-3-5-22(19)26/h2-14H,15,27H2,1H3,(H,29,30)(H,31,32). The van der Waals surface area contributed by atoms with E-state index in [1.165, 1.54) is 0 Å². The van der Waals surface area contributed by atoms with Crippen molar-refractivity contribution in [2.24, 2.45) is 5.10 Å². The zero-order valence-electron chi connectivity index (χ0n) is 17.9. The van der Waals surface area contributed by atoms with E-state index in [9.17, 15) is 4.79 Å². The maximum Gasteiger partial charge on any atom is 0.289 e. The zero-order valence-corrected chi connectivity index (χ0v) is 18.6. The number of hydrogen-bond donors (Lipinski definition) is 3. The molecule has 4 aromatic rings. The van der Waals surface area contributed by atoms with Crippen molar-refractivity contribution < 1.29 is 9.53 Å². The van der Waals surface area contributed by atoms with Gasteiger partial charge in [0, 0.05) is 21.8 Å². The quantitative estimate of drug-likeness (QED) is 0.204. The summed E-state index contributed by atoms with van der Waals surface area (Å²) in [5.74, 6) is 0.322. The molecule has 0 spiro atoms. The molecular weight excluding hydrogens is 438 g/mol. The van der Waals surface area contributed by atoms with Crippen molar-refractivity contribution in [3.63, 3.8) is 0 Å². The number of nitrogens with zero attached hydrogens (tertiary/aromatic N) is 2. The van der Waals surface area contributed by atoms with Crippen LogP contribution >= 0.6 is 11.6 Å². The van der Waals surface area contributed by atoms with Crippen molar-refractivity contribution in [2.45, 2.75) is 13.5 Å². The lowest BCUT2D eigenvalue weighted by atomic mass is 10.1. The van der Waals surface area contributed by atoms with Crippen LogP contribution in [-0.4, -0.2) is 21.8 Å². The Hall–Kier alpha value is -4.10. The first-order chi connectivity index (χ1) is 16.0. The third-order valence-electron chi connectivity index (χ3n) is 4.98. The van der Waals surface area contributed by atoms with Gasteiger partial charge in [-0.25, -0.2) is 5.43 Å². The first-order valence-corrected chi connectivity index (χ1v) is 10.6. The first kappa shape index (κ1) is 22.1.